The van der Waals surface area contributed by atoms with Crippen molar-refractivity contribution in [3.8, 4) is 0 Å². The molecule has 60 valence electrons. The van der Waals surface area contributed by atoms with Crippen molar-refractivity contribution in [3.05, 3.63) is 31.8 Å². The highest BCUT2D eigenvalue weighted by Crippen LogP contribution is 2.05. The van der Waals surface area contributed by atoms with Crippen LogP contribution in [0.15, 0.2) is 26.9 Å². The maximum atomic E-state index is 10.9. The third kappa shape index (κ3) is 2.36. The minimum Gasteiger partial charge on any atom is -0.301 e. The summed E-state index contributed by atoms with van der Waals surface area (Å²) in [6.07, 6.45) is 1.68. The van der Waals surface area contributed by atoms with Gasteiger partial charge in [0.15, 0.2) is 0 Å². The van der Waals surface area contributed by atoms with Crippen LogP contribution in [0.3, 0.4) is 0 Å². The predicted molar refractivity (Wildman–Crippen MR) is 48.4 cm³/mol. The van der Waals surface area contributed by atoms with Gasteiger partial charge in [-0.2, -0.15) is 0 Å². The van der Waals surface area contributed by atoms with Crippen LogP contribution < -0.4 is 4.87 Å². The van der Waals surface area contributed by atoms with Gasteiger partial charge in [0.05, 0.1) is 6.54 Å². The third-order valence-electron chi connectivity index (χ3n) is 1.08. The summed E-state index contributed by atoms with van der Waals surface area (Å²) < 4.78 is 1.49. The van der Waals surface area contributed by atoms with Crippen molar-refractivity contribution < 1.29 is 0 Å². The minimum atomic E-state index is -0.0262. The summed E-state index contributed by atoms with van der Waals surface area (Å²) in [4.78, 5) is 10.9. The summed E-state index contributed by atoms with van der Waals surface area (Å²) in [5.74, 6) is 0. The number of thiazole rings is 1. The van der Waals surface area contributed by atoms with Crippen LogP contribution in [0.25, 0.3) is 0 Å². The fourth-order valence-corrected chi connectivity index (χ4v) is 1.39. The molecule has 1 rings (SSSR count). The molecule has 11 heavy (non-hydrogen) atoms. The molecule has 0 aliphatic carbocycles. The first kappa shape index (κ1) is 8.84. The number of allylic oxidation sites excluding steroid dienone is 1. The smallest absolute Gasteiger partial charge is 0.301 e. The first-order valence-corrected chi connectivity index (χ1v) is 4.52. The first-order valence-electron chi connectivity index (χ1n) is 2.82. The van der Waals surface area contributed by atoms with Gasteiger partial charge in [0, 0.05) is 22.1 Å². The summed E-state index contributed by atoms with van der Waals surface area (Å²) in [6.45, 7) is 0.355. The Morgan fingerprint density at radius 1 is 1.82 bits per heavy atom. The van der Waals surface area contributed by atoms with E-state index in [9.17, 15) is 4.79 Å². The van der Waals surface area contributed by atoms with Crippen LogP contribution in [0.5, 0.6) is 0 Å². The maximum absolute atomic E-state index is 10.9. The van der Waals surface area contributed by atoms with E-state index in [-0.39, 0.29) is 4.87 Å². The third-order valence-corrected chi connectivity index (χ3v) is 2.38. The number of hydrogen-bond donors (Lipinski definition) is 0. The highest BCUT2D eigenvalue weighted by molar-refractivity contribution is 7.07. The van der Waals surface area contributed by atoms with Gasteiger partial charge in [-0.1, -0.05) is 34.5 Å². The van der Waals surface area contributed by atoms with Crippen LogP contribution in [0, 0.1) is 0 Å². The molecule has 1 aromatic heterocycles. The lowest BCUT2D eigenvalue weighted by Crippen LogP contribution is -2.11. The van der Waals surface area contributed by atoms with Crippen molar-refractivity contribution in [1.82, 2.24) is 4.57 Å². The van der Waals surface area contributed by atoms with E-state index < -0.39 is 0 Å². The summed E-state index contributed by atoms with van der Waals surface area (Å²) in [6, 6.07) is 0. The molecule has 1 heterocycles. The maximum Gasteiger partial charge on any atom is 0.307 e. The second-order valence-corrected chi connectivity index (χ2v) is 3.41. The Morgan fingerprint density at radius 2 is 2.55 bits per heavy atom. The van der Waals surface area contributed by atoms with Gasteiger partial charge < -0.3 is 4.57 Å². The van der Waals surface area contributed by atoms with E-state index >= 15 is 0 Å². The molecule has 0 amide bonds. The summed E-state index contributed by atoms with van der Waals surface area (Å²) in [5.41, 5.74) is 1.26. The number of rotatable bonds is 2. The number of halogens is 2. The van der Waals surface area contributed by atoms with Gasteiger partial charge in [-0.05, 0) is 0 Å². The molecule has 0 atom stereocenters. The average molecular weight is 210 g/mol. The molecule has 0 aliphatic rings. The molecule has 0 bridgehead atoms. The van der Waals surface area contributed by atoms with E-state index in [4.69, 9.17) is 23.2 Å². The molecular weight excluding hydrogens is 205 g/mol. The predicted octanol–water partition coefficient (Wildman–Crippen LogP) is 2.23. The second kappa shape index (κ2) is 3.95. The first-order chi connectivity index (χ1) is 5.24. The SMILES string of the molecule is O=c1sccn1C/C(Cl)=C\Cl. The van der Waals surface area contributed by atoms with Crippen molar-refractivity contribution >= 4 is 34.5 Å². The minimum absolute atomic E-state index is 0.0262. The molecule has 0 aromatic carbocycles. The molecule has 0 unspecified atom stereocenters. The Morgan fingerprint density at radius 3 is 3.00 bits per heavy atom. The molecule has 0 saturated carbocycles. The zero-order valence-corrected chi connectivity index (χ0v) is 7.79. The Balaban J connectivity index is 2.80. The quantitative estimate of drug-likeness (QED) is 0.733. The lowest BCUT2D eigenvalue weighted by atomic mass is 10.6. The molecule has 1 aromatic rings. The molecule has 2 nitrogen and oxygen atoms in total. The second-order valence-electron chi connectivity index (χ2n) is 1.85. The van der Waals surface area contributed by atoms with Gasteiger partial charge in [-0.25, -0.2) is 0 Å². The van der Waals surface area contributed by atoms with E-state index in [0.717, 1.165) is 11.3 Å². The van der Waals surface area contributed by atoms with Crippen LogP contribution in [0.2, 0.25) is 0 Å². The fourth-order valence-electron chi connectivity index (χ4n) is 0.605. The van der Waals surface area contributed by atoms with Crippen LogP contribution in [0.1, 0.15) is 0 Å². The van der Waals surface area contributed by atoms with E-state index in [0.29, 0.717) is 11.6 Å². The molecule has 0 radical (unpaired) electrons. The average Bonchev–Trinajstić information content (AvgIpc) is 2.37. The van der Waals surface area contributed by atoms with Gasteiger partial charge >= 0.3 is 4.87 Å². The van der Waals surface area contributed by atoms with Gasteiger partial charge in [-0.3, -0.25) is 4.79 Å². The Labute approximate surface area is 77.7 Å². The van der Waals surface area contributed by atoms with Gasteiger partial charge in [0.25, 0.3) is 0 Å². The lowest BCUT2D eigenvalue weighted by Gasteiger charge is -1.96. The van der Waals surface area contributed by atoms with Crippen LogP contribution >= 0.6 is 34.5 Å². The van der Waals surface area contributed by atoms with Crippen LogP contribution in [-0.4, -0.2) is 4.57 Å². The van der Waals surface area contributed by atoms with Crippen molar-refractivity contribution in [2.75, 3.05) is 0 Å². The molecule has 0 fully saturated rings. The summed E-state index contributed by atoms with van der Waals surface area (Å²) in [7, 11) is 0. The zero-order valence-electron chi connectivity index (χ0n) is 5.46. The van der Waals surface area contributed by atoms with Crippen molar-refractivity contribution in [2.45, 2.75) is 6.54 Å². The number of aromatic nitrogens is 1. The van der Waals surface area contributed by atoms with Crippen molar-refractivity contribution in [3.63, 3.8) is 0 Å². The molecule has 0 N–H and O–H groups in total. The van der Waals surface area contributed by atoms with Crippen molar-refractivity contribution in [1.29, 1.82) is 0 Å². The van der Waals surface area contributed by atoms with E-state index in [1.807, 2.05) is 0 Å². The topological polar surface area (TPSA) is 22.0 Å². The molecular formula is C6H5Cl2NOS. The number of nitrogens with zero attached hydrogens (tertiary/aromatic N) is 1. The molecule has 0 spiro atoms. The lowest BCUT2D eigenvalue weighted by molar-refractivity contribution is 0.797. The molecule has 0 saturated heterocycles. The van der Waals surface area contributed by atoms with E-state index in [1.165, 1.54) is 10.1 Å². The van der Waals surface area contributed by atoms with Gasteiger partial charge in [0.1, 0.15) is 0 Å². The van der Waals surface area contributed by atoms with Gasteiger partial charge in [-0.15, -0.1) is 0 Å². The molecule has 0 aliphatic heterocycles. The Bertz CT molecular complexity index is 314. The standard InChI is InChI=1S/C6H5Cl2NOS/c7-3-5(8)4-9-1-2-11-6(9)10/h1-3H,4H2/b5-3+. The largest absolute Gasteiger partial charge is 0.307 e. The van der Waals surface area contributed by atoms with Crippen LogP contribution in [-0.2, 0) is 6.54 Å². The van der Waals surface area contributed by atoms with E-state index in [2.05, 4.69) is 0 Å². The normalized spacial score (nSPS) is 12.0. The summed E-state index contributed by atoms with van der Waals surface area (Å²) >= 11 is 12.1. The Kier molecular flexibility index (Phi) is 3.17. The van der Waals surface area contributed by atoms with E-state index in [1.54, 1.807) is 11.6 Å². The van der Waals surface area contributed by atoms with Crippen LogP contribution in [0.4, 0.5) is 0 Å². The number of hydrogen-bond acceptors (Lipinski definition) is 2. The highest BCUT2D eigenvalue weighted by atomic mass is 35.5. The van der Waals surface area contributed by atoms with Gasteiger partial charge in [0.2, 0.25) is 0 Å². The monoisotopic (exact) mass is 209 g/mol. The highest BCUT2D eigenvalue weighted by Gasteiger charge is 1.97. The Hall–Kier alpha value is -0.250. The summed E-state index contributed by atoms with van der Waals surface area (Å²) in [5, 5.41) is 2.16. The molecule has 5 heteroatoms. The zero-order chi connectivity index (χ0) is 8.27. The van der Waals surface area contributed by atoms with Crippen molar-refractivity contribution in [2.24, 2.45) is 0 Å². The fraction of sp³-hybridized carbons (Fsp3) is 0.167.